The number of β-amino-alcohol motifs (C(OH)–C–C–N with tert-alkyl or cyclic N) is 1. The number of nitrogens with zero attached hydrogens (tertiary/aromatic N) is 1. The minimum Gasteiger partial charge on any atom is -0.465 e. The summed E-state index contributed by atoms with van der Waals surface area (Å²) in [5.74, 6) is -0.583. The van der Waals surface area contributed by atoms with Gasteiger partial charge in [-0.15, -0.1) is 0 Å². The molecule has 0 spiro atoms. The van der Waals surface area contributed by atoms with E-state index >= 15 is 0 Å². The number of esters is 1. The Morgan fingerprint density at radius 2 is 2.20 bits per heavy atom. The van der Waals surface area contributed by atoms with E-state index in [9.17, 15) is 18.3 Å². The molecule has 1 aromatic carbocycles. The molecule has 0 aromatic heterocycles. The highest BCUT2D eigenvalue weighted by molar-refractivity contribution is 7.89. The Balaban J connectivity index is 2.32. The molecule has 7 heteroatoms. The highest BCUT2D eigenvalue weighted by Crippen LogP contribution is 2.21. The Morgan fingerprint density at radius 1 is 1.45 bits per heavy atom. The molecule has 0 aliphatic carbocycles. The van der Waals surface area contributed by atoms with E-state index in [0.717, 1.165) is 0 Å². The van der Waals surface area contributed by atoms with Gasteiger partial charge in [-0.1, -0.05) is 6.07 Å². The summed E-state index contributed by atoms with van der Waals surface area (Å²) in [6.45, 7) is 0.465. The number of carbonyl (C=O) groups excluding carboxylic acids is 1. The standard InChI is InChI=1S/C13H17NO5S/c1-19-13(16)10-4-2-6-12(8-10)20(17,18)14-7-3-5-11(15)9-14/h2,4,6,8,11,15H,3,5,7,9H2,1H3. The lowest BCUT2D eigenvalue weighted by Crippen LogP contribution is -2.42. The zero-order valence-corrected chi connectivity index (χ0v) is 12.0. The van der Waals surface area contributed by atoms with Crippen LogP contribution in [0, 0.1) is 0 Å². The zero-order valence-electron chi connectivity index (χ0n) is 11.2. The van der Waals surface area contributed by atoms with Crippen LogP contribution in [0.2, 0.25) is 0 Å². The van der Waals surface area contributed by atoms with Gasteiger partial charge in [0.1, 0.15) is 0 Å². The molecule has 1 saturated heterocycles. The van der Waals surface area contributed by atoms with Crippen LogP contribution in [0.4, 0.5) is 0 Å². The van der Waals surface area contributed by atoms with Crippen molar-refractivity contribution in [2.24, 2.45) is 0 Å². The Hall–Kier alpha value is -1.44. The molecule has 0 saturated carbocycles. The summed E-state index contributed by atoms with van der Waals surface area (Å²) in [6.07, 6.45) is 0.591. The molecule has 0 bridgehead atoms. The first-order valence-electron chi connectivity index (χ1n) is 6.32. The molecule has 1 fully saturated rings. The van der Waals surface area contributed by atoms with E-state index in [2.05, 4.69) is 4.74 Å². The van der Waals surface area contributed by atoms with Crippen molar-refractivity contribution in [2.45, 2.75) is 23.8 Å². The molecule has 1 unspecified atom stereocenters. The lowest BCUT2D eigenvalue weighted by Gasteiger charge is -2.29. The van der Waals surface area contributed by atoms with Crippen LogP contribution in [-0.4, -0.2) is 50.1 Å². The number of benzene rings is 1. The second kappa shape index (κ2) is 5.90. The number of aliphatic hydroxyl groups excluding tert-OH is 1. The van der Waals surface area contributed by atoms with Crippen molar-refractivity contribution in [3.05, 3.63) is 29.8 Å². The molecule has 0 radical (unpaired) electrons. The maximum atomic E-state index is 12.5. The van der Waals surface area contributed by atoms with Crippen LogP contribution < -0.4 is 0 Å². The van der Waals surface area contributed by atoms with Gasteiger partial charge in [0, 0.05) is 13.1 Å². The highest BCUT2D eigenvalue weighted by Gasteiger charge is 2.29. The van der Waals surface area contributed by atoms with E-state index in [-0.39, 0.29) is 17.0 Å². The second-order valence-corrected chi connectivity index (χ2v) is 6.62. The number of hydrogen-bond acceptors (Lipinski definition) is 5. The summed E-state index contributed by atoms with van der Waals surface area (Å²) in [4.78, 5) is 11.5. The Morgan fingerprint density at radius 3 is 2.85 bits per heavy atom. The first-order chi connectivity index (χ1) is 9.45. The second-order valence-electron chi connectivity index (χ2n) is 4.68. The first-order valence-corrected chi connectivity index (χ1v) is 7.76. The third kappa shape index (κ3) is 3.00. The summed E-state index contributed by atoms with van der Waals surface area (Å²) < 4.78 is 30.7. The molecule has 0 amide bonds. The van der Waals surface area contributed by atoms with Crippen LogP contribution in [0.1, 0.15) is 23.2 Å². The molecule has 1 N–H and O–H groups in total. The summed E-state index contributed by atoms with van der Waals surface area (Å²) >= 11 is 0. The van der Waals surface area contributed by atoms with Crippen LogP contribution >= 0.6 is 0 Å². The average molecular weight is 299 g/mol. The third-order valence-corrected chi connectivity index (χ3v) is 5.11. The molecular weight excluding hydrogens is 282 g/mol. The lowest BCUT2D eigenvalue weighted by atomic mass is 10.1. The van der Waals surface area contributed by atoms with Gasteiger partial charge in [-0.2, -0.15) is 4.31 Å². The summed E-state index contributed by atoms with van der Waals surface area (Å²) in [5, 5.41) is 9.59. The molecule has 6 nitrogen and oxygen atoms in total. The van der Waals surface area contributed by atoms with Gasteiger partial charge in [-0.3, -0.25) is 0 Å². The lowest BCUT2D eigenvalue weighted by molar-refractivity contribution is 0.0600. The normalized spacial score (nSPS) is 20.6. The van der Waals surface area contributed by atoms with Gasteiger partial charge in [0.2, 0.25) is 10.0 Å². The molecule has 1 heterocycles. The minimum atomic E-state index is -3.69. The zero-order chi connectivity index (χ0) is 14.8. The van der Waals surface area contributed by atoms with Crippen LogP contribution in [0.15, 0.2) is 29.2 Å². The van der Waals surface area contributed by atoms with E-state index in [1.807, 2.05) is 0 Å². The average Bonchev–Trinajstić information content (AvgIpc) is 2.46. The van der Waals surface area contributed by atoms with E-state index in [1.54, 1.807) is 0 Å². The third-order valence-electron chi connectivity index (χ3n) is 3.25. The summed E-state index contributed by atoms with van der Waals surface area (Å²) in [6, 6.07) is 5.72. The fraction of sp³-hybridized carbons (Fsp3) is 0.462. The van der Waals surface area contributed by atoms with E-state index in [4.69, 9.17) is 0 Å². The SMILES string of the molecule is COC(=O)c1cccc(S(=O)(=O)N2CCCC(O)C2)c1. The first kappa shape index (κ1) is 15.0. The summed E-state index contributed by atoms with van der Waals surface area (Å²) in [5.41, 5.74) is 0.186. The van der Waals surface area contributed by atoms with Gasteiger partial charge < -0.3 is 9.84 Å². The van der Waals surface area contributed by atoms with Gasteiger partial charge in [-0.05, 0) is 31.0 Å². The monoisotopic (exact) mass is 299 g/mol. The predicted molar refractivity (Wildman–Crippen MR) is 71.8 cm³/mol. The van der Waals surface area contributed by atoms with E-state index in [0.29, 0.717) is 19.4 Å². The van der Waals surface area contributed by atoms with E-state index < -0.39 is 22.1 Å². The molecule has 1 aliphatic rings. The smallest absolute Gasteiger partial charge is 0.337 e. The number of hydrogen-bond donors (Lipinski definition) is 1. The van der Waals surface area contributed by atoms with Crippen LogP contribution in [0.3, 0.4) is 0 Å². The Labute approximate surface area is 118 Å². The molecule has 20 heavy (non-hydrogen) atoms. The number of rotatable bonds is 3. The minimum absolute atomic E-state index is 0.0366. The number of sulfonamides is 1. The van der Waals surface area contributed by atoms with Crippen LogP contribution in [-0.2, 0) is 14.8 Å². The fourth-order valence-electron chi connectivity index (χ4n) is 2.19. The van der Waals surface area contributed by atoms with Crippen molar-refractivity contribution in [1.29, 1.82) is 0 Å². The maximum absolute atomic E-state index is 12.5. The molecule has 1 atom stereocenters. The summed E-state index contributed by atoms with van der Waals surface area (Å²) in [7, 11) is -2.45. The van der Waals surface area contributed by atoms with Gasteiger partial charge in [0.15, 0.2) is 0 Å². The van der Waals surface area contributed by atoms with Crippen molar-refractivity contribution >= 4 is 16.0 Å². The van der Waals surface area contributed by atoms with Gasteiger partial charge in [-0.25, -0.2) is 13.2 Å². The molecule has 110 valence electrons. The van der Waals surface area contributed by atoms with Crippen LogP contribution in [0.5, 0.6) is 0 Å². The number of piperidine rings is 1. The maximum Gasteiger partial charge on any atom is 0.337 e. The predicted octanol–water partition coefficient (Wildman–Crippen LogP) is 0.619. The van der Waals surface area contributed by atoms with Gasteiger partial charge in [0.25, 0.3) is 0 Å². The molecule has 1 aromatic rings. The van der Waals surface area contributed by atoms with Crippen molar-refractivity contribution in [2.75, 3.05) is 20.2 Å². The van der Waals surface area contributed by atoms with Crippen molar-refractivity contribution in [3.8, 4) is 0 Å². The quantitative estimate of drug-likeness (QED) is 0.827. The van der Waals surface area contributed by atoms with Gasteiger partial charge >= 0.3 is 5.97 Å². The number of methoxy groups -OCH3 is 1. The topological polar surface area (TPSA) is 83.9 Å². The number of aliphatic hydroxyl groups is 1. The van der Waals surface area contributed by atoms with Gasteiger partial charge in [0.05, 0.1) is 23.7 Å². The fourth-order valence-corrected chi connectivity index (χ4v) is 3.75. The number of carbonyl (C=O) groups is 1. The molecule has 1 aliphatic heterocycles. The largest absolute Gasteiger partial charge is 0.465 e. The number of ether oxygens (including phenoxy) is 1. The van der Waals surface area contributed by atoms with Crippen molar-refractivity contribution < 1.29 is 23.1 Å². The van der Waals surface area contributed by atoms with Crippen LogP contribution in [0.25, 0.3) is 0 Å². The molecule has 2 rings (SSSR count). The van der Waals surface area contributed by atoms with Crippen molar-refractivity contribution in [1.82, 2.24) is 4.31 Å². The molecular formula is C13H17NO5S. The highest BCUT2D eigenvalue weighted by atomic mass is 32.2. The Kier molecular flexibility index (Phi) is 4.42. The van der Waals surface area contributed by atoms with E-state index in [1.165, 1.54) is 35.7 Å². The van der Waals surface area contributed by atoms with Crippen molar-refractivity contribution in [3.63, 3.8) is 0 Å². The Bertz CT molecular complexity index is 599.